The molecule has 2 rings (SSSR count). The molecule has 114 valence electrons. The van der Waals surface area contributed by atoms with Gasteiger partial charge in [0.15, 0.2) is 0 Å². The molecule has 2 unspecified atom stereocenters. The first-order valence-electron chi connectivity index (χ1n) is 7.23. The summed E-state index contributed by atoms with van der Waals surface area (Å²) in [6.45, 7) is 2.47. The first-order chi connectivity index (χ1) is 10.1. The summed E-state index contributed by atoms with van der Waals surface area (Å²) in [7, 11) is 0. The van der Waals surface area contributed by atoms with Gasteiger partial charge >= 0.3 is 5.97 Å². The Bertz CT molecular complexity index is 492. The molecule has 21 heavy (non-hydrogen) atoms. The number of carbonyl (C=O) groups is 2. The first kappa shape index (κ1) is 15.9. The van der Waals surface area contributed by atoms with Crippen LogP contribution in [0.5, 0.6) is 0 Å². The summed E-state index contributed by atoms with van der Waals surface area (Å²) in [6.07, 6.45) is 1.76. The van der Waals surface area contributed by atoms with Gasteiger partial charge in [-0.25, -0.2) is 4.79 Å². The maximum absolute atomic E-state index is 12.3. The van der Waals surface area contributed by atoms with Crippen LogP contribution in [0.3, 0.4) is 0 Å². The largest absolute Gasteiger partial charge is 0.480 e. The van der Waals surface area contributed by atoms with Gasteiger partial charge in [-0.3, -0.25) is 4.79 Å². The predicted octanol–water partition coefficient (Wildman–Crippen LogP) is 2.63. The van der Waals surface area contributed by atoms with Crippen LogP contribution in [0, 0.1) is 5.92 Å². The number of piperidine rings is 1. The van der Waals surface area contributed by atoms with E-state index in [9.17, 15) is 14.7 Å². The van der Waals surface area contributed by atoms with E-state index in [0.717, 1.165) is 18.6 Å². The number of hydrogen-bond donors (Lipinski definition) is 1. The molecule has 0 aliphatic carbocycles. The van der Waals surface area contributed by atoms with Gasteiger partial charge in [0.1, 0.15) is 6.04 Å². The molecule has 0 saturated carbocycles. The van der Waals surface area contributed by atoms with Gasteiger partial charge in [0.2, 0.25) is 5.91 Å². The number of carboxylic acids is 1. The van der Waals surface area contributed by atoms with E-state index in [-0.39, 0.29) is 11.8 Å². The molecule has 0 spiro atoms. The predicted molar refractivity (Wildman–Crippen MR) is 84.1 cm³/mol. The maximum atomic E-state index is 12.3. The van der Waals surface area contributed by atoms with Crippen molar-refractivity contribution in [2.24, 2.45) is 5.92 Å². The van der Waals surface area contributed by atoms with Crippen LogP contribution in [0.4, 0.5) is 0 Å². The van der Waals surface area contributed by atoms with Crippen molar-refractivity contribution in [3.8, 4) is 0 Å². The van der Waals surface area contributed by atoms with E-state index in [1.165, 1.54) is 17.3 Å². The van der Waals surface area contributed by atoms with Crippen molar-refractivity contribution in [3.63, 3.8) is 0 Å². The number of carboxylic acid groups (broad SMARTS) is 1. The second-order valence-electron chi connectivity index (χ2n) is 5.47. The normalized spacial score (nSPS) is 22.0. The molecule has 1 aromatic rings. The first-order valence-corrected chi connectivity index (χ1v) is 8.39. The molecular formula is C16H21NO3S. The molecule has 1 heterocycles. The van der Waals surface area contributed by atoms with Crippen LogP contribution in [-0.2, 0) is 15.3 Å². The molecule has 1 aromatic carbocycles. The third-order valence-corrected chi connectivity index (χ3v) is 4.83. The highest BCUT2D eigenvalue weighted by Crippen LogP contribution is 2.24. The third kappa shape index (κ3) is 4.24. The Balaban J connectivity index is 1.88. The van der Waals surface area contributed by atoms with Crippen LogP contribution in [0.25, 0.3) is 0 Å². The zero-order valence-electron chi connectivity index (χ0n) is 12.2. The number of thioether (sulfide) groups is 1. The minimum absolute atomic E-state index is 0.0272. The monoisotopic (exact) mass is 307 g/mol. The zero-order valence-corrected chi connectivity index (χ0v) is 13.0. The molecule has 0 aromatic heterocycles. The smallest absolute Gasteiger partial charge is 0.326 e. The Morgan fingerprint density at radius 3 is 2.71 bits per heavy atom. The van der Waals surface area contributed by atoms with Crippen molar-refractivity contribution in [2.75, 3.05) is 12.3 Å². The molecule has 1 fully saturated rings. The van der Waals surface area contributed by atoms with Crippen molar-refractivity contribution in [1.29, 1.82) is 0 Å². The number of likely N-dealkylation sites (tertiary alicyclic amines) is 1. The highest BCUT2D eigenvalue weighted by atomic mass is 32.2. The van der Waals surface area contributed by atoms with Crippen LogP contribution >= 0.6 is 11.8 Å². The third-order valence-electron chi connectivity index (χ3n) is 3.84. The average Bonchev–Trinajstić information content (AvgIpc) is 2.47. The number of rotatable bonds is 5. The van der Waals surface area contributed by atoms with Gasteiger partial charge in [0, 0.05) is 12.3 Å². The van der Waals surface area contributed by atoms with Gasteiger partial charge in [0.25, 0.3) is 0 Å². The fraction of sp³-hybridized carbons (Fsp3) is 0.500. The van der Waals surface area contributed by atoms with Crippen LogP contribution in [0.2, 0.25) is 0 Å². The SMILES string of the molecule is CC1CCCN(C(=O)CSCc2ccccc2)C1C(=O)O. The molecule has 1 aliphatic heterocycles. The number of hydrogen-bond acceptors (Lipinski definition) is 3. The van der Waals surface area contributed by atoms with E-state index in [0.29, 0.717) is 12.3 Å². The molecule has 2 atom stereocenters. The average molecular weight is 307 g/mol. The molecule has 0 radical (unpaired) electrons. The second-order valence-corrected chi connectivity index (χ2v) is 6.45. The second kappa shape index (κ2) is 7.50. The van der Waals surface area contributed by atoms with Crippen LogP contribution in [-0.4, -0.2) is 40.2 Å². The Hall–Kier alpha value is -1.49. The van der Waals surface area contributed by atoms with Crippen molar-refractivity contribution in [1.82, 2.24) is 4.90 Å². The van der Waals surface area contributed by atoms with E-state index >= 15 is 0 Å². The topological polar surface area (TPSA) is 57.6 Å². The standard InChI is InChI=1S/C16H21NO3S/c1-12-6-5-9-17(15(12)16(19)20)14(18)11-21-10-13-7-3-2-4-8-13/h2-4,7-8,12,15H,5-6,9-11H2,1H3,(H,19,20). The lowest BCUT2D eigenvalue weighted by Crippen LogP contribution is -2.52. The van der Waals surface area contributed by atoms with Gasteiger partial charge < -0.3 is 10.0 Å². The van der Waals surface area contributed by atoms with Crippen molar-refractivity contribution in [3.05, 3.63) is 35.9 Å². The molecule has 1 N–H and O–H groups in total. The summed E-state index contributed by atoms with van der Waals surface area (Å²) in [5.41, 5.74) is 1.18. The van der Waals surface area contributed by atoms with E-state index in [4.69, 9.17) is 0 Å². The lowest BCUT2D eigenvalue weighted by molar-refractivity contribution is -0.153. The molecule has 1 aliphatic rings. The van der Waals surface area contributed by atoms with E-state index in [1.807, 2.05) is 37.3 Å². The minimum atomic E-state index is -0.886. The molecule has 1 saturated heterocycles. The maximum Gasteiger partial charge on any atom is 0.326 e. The molecule has 5 heteroatoms. The van der Waals surface area contributed by atoms with Gasteiger partial charge in [-0.05, 0) is 24.3 Å². The van der Waals surface area contributed by atoms with Crippen molar-refractivity contribution < 1.29 is 14.7 Å². The summed E-state index contributed by atoms with van der Waals surface area (Å²) in [6, 6.07) is 9.31. The summed E-state index contributed by atoms with van der Waals surface area (Å²) in [5.74, 6) is 0.192. The lowest BCUT2D eigenvalue weighted by atomic mass is 9.91. The minimum Gasteiger partial charge on any atom is -0.480 e. The fourth-order valence-corrected chi connectivity index (χ4v) is 3.63. The van der Waals surface area contributed by atoms with E-state index < -0.39 is 12.0 Å². The number of benzene rings is 1. The van der Waals surface area contributed by atoms with Crippen LogP contribution in [0.1, 0.15) is 25.3 Å². The van der Waals surface area contributed by atoms with Gasteiger partial charge in [-0.1, -0.05) is 37.3 Å². The number of aliphatic carboxylic acids is 1. The zero-order chi connectivity index (χ0) is 15.2. The van der Waals surface area contributed by atoms with Crippen LogP contribution in [0.15, 0.2) is 30.3 Å². The lowest BCUT2D eigenvalue weighted by Gasteiger charge is -2.37. The summed E-state index contributed by atoms with van der Waals surface area (Å²) in [4.78, 5) is 25.2. The van der Waals surface area contributed by atoms with Gasteiger partial charge in [0.05, 0.1) is 5.75 Å². The molecule has 0 bridgehead atoms. The number of amides is 1. The Morgan fingerprint density at radius 2 is 2.05 bits per heavy atom. The van der Waals surface area contributed by atoms with E-state index in [1.54, 1.807) is 4.90 Å². The summed E-state index contributed by atoms with van der Waals surface area (Å²) >= 11 is 1.54. The number of nitrogens with zero attached hydrogens (tertiary/aromatic N) is 1. The van der Waals surface area contributed by atoms with E-state index in [2.05, 4.69) is 0 Å². The quantitative estimate of drug-likeness (QED) is 0.908. The summed E-state index contributed by atoms with van der Waals surface area (Å²) in [5, 5.41) is 9.33. The van der Waals surface area contributed by atoms with Crippen LogP contribution < -0.4 is 0 Å². The number of carbonyl (C=O) groups excluding carboxylic acids is 1. The Labute approximate surface area is 129 Å². The molecular weight excluding hydrogens is 286 g/mol. The molecule has 1 amide bonds. The van der Waals surface area contributed by atoms with Crippen molar-refractivity contribution >= 4 is 23.6 Å². The van der Waals surface area contributed by atoms with Crippen molar-refractivity contribution in [2.45, 2.75) is 31.6 Å². The highest BCUT2D eigenvalue weighted by molar-refractivity contribution is 7.99. The fourth-order valence-electron chi connectivity index (χ4n) is 2.76. The Kier molecular flexibility index (Phi) is 5.67. The summed E-state index contributed by atoms with van der Waals surface area (Å²) < 4.78 is 0. The molecule has 4 nitrogen and oxygen atoms in total. The Morgan fingerprint density at radius 1 is 1.33 bits per heavy atom. The van der Waals surface area contributed by atoms with Gasteiger partial charge in [-0.2, -0.15) is 0 Å². The highest BCUT2D eigenvalue weighted by Gasteiger charge is 2.36. The van der Waals surface area contributed by atoms with Gasteiger partial charge in [-0.15, -0.1) is 11.8 Å².